The Morgan fingerprint density at radius 1 is 1.05 bits per heavy atom. The summed E-state index contributed by atoms with van der Waals surface area (Å²) in [6.07, 6.45) is 4.50. The Labute approximate surface area is 126 Å². The maximum atomic E-state index is 4.31. The van der Waals surface area contributed by atoms with Gasteiger partial charge in [-0.25, -0.2) is 0 Å². The molecule has 0 bridgehead atoms. The summed E-state index contributed by atoms with van der Waals surface area (Å²) in [6.45, 7) is 4.51. The lowest BCUT2D eigenvalue weighted by Gasteiger charge is -2.18. The minimum Gasteiger partial charge on any atom is -0.372 e. The Hall–Kier alpha value is -2.29. The summed E-state index contributed by atoms with van der Waals surface area (Å²) in [4.78, 5) is 2.45. The summed E-state index contributed by atoms with van der Waals surface area (Å²) in [5.41, 5.74) is 7.80. The largest absolute Gasteiger partial charge is 0.372 e. The van der Waals surface area contributed by atoms with Crippen molar-refractivity contribution >= 4 is 17.6 Å². The third-order valence-electron chi connectivity index (χ3n) is 3.90. The number of para-hydroxylation sites is 1. The molecule has 1 N–H and O–H groups in total. The van der Waals surface area contributed by atoms with Gasteiger partial charge in [-0.2, -0.15) is 5.10 Å². The number of rotatable bonds is 4. The lowest BCUT2D eigenvalue weighted by Crippen LogP contribution is -2.17. The van der Waals surface area contributed by atoms with E-state index in [1.807, 2.05) is 36.5 Å². The van der Waals surface area contributed by atoms with Crippen LogP contribution in [0.15, 0.2) is 53.6 Å². The van der Waals surface area contributed by atoms with E-state index in [-0.39, 0.29) is 0 Å². The zero-order valence-corrected chi connectivity index (χ0v) is 12.4. The van der Waals surface area contributed by atoms with E-state index >= 15 is 0 Å². The Morgan fingerprint density at radius 2 is 1.81 bits per heavy atom. The minimum atomic E-state index is 1.00. The average molecular weight is 279 g/mol. The van der Waals surface area contributed by atoms with Crippen LogP contribution in [0, 0.1) is 6.92 Å². The third-order valence-corrected chi connectivity index (χ3v) is 3.90. The number of hydrogen-bond acceptors (Lipinski definition) is 3. The van der Waals surface area contributed by atoms with Crippen LogP contribution in [0.4, 0.5) is 11.4 Å². The molecule has 0 radical (unpaired) electrons. The van der Waals surface area contributed by atoms with Crippen molar-refractivity contribution in [3.05, 3.63) is 59.7 Å². The van der Waals surface area contributed by atoms with Crippen molar-refractivity contribution in [3.8, 4) is 0 Å². The summed E-state index contributed by atoms with van der Waals surface area (Å²) in [7, 11) is 0. The van der Waals surface area contributed by atoms with Crippen LogP contribution in [0.5, 0.6) is 0 Å². The maximum Gasteiger partial charge on any atom is 0.0561 e. The number of hydrogen-bond donors (Lipinski definition) is 1. The Kier molecular flexibility index (Phi) is 4.20. The number of anilines is 2. The standard InChI is InChI=1S/C18H21N3/c1-15-13-18(21-11-5-6-12-21)10-9-16(15)14-19-20-17-7-3-2-4-8-17/h2-4,7-10,13-14,20H,5-6,11-12H2,1H3/b19-14+. The van der Waals surface area contributed by atoms with Crippen molar-refractivity contribution in [1.82, 2.24) is 0 Å². The third kappa shape index (κ3) is 3.43. The van der Waals surface area contributed by atoms with Crippen LogP contribution in [0.2, 0.25) is 0 Å². The molecule has 1 aliphatic heterocycles. The number of nitrogens with one attached hydrogen (secondary N) is 1. The van der Waals surface area contributed by atoms with E-state index in [1.54, 1.807) is 0 Å². The molecule has 0 spiro atoms. The quantitative estimate of drug-likeness (QED) is 0.675. The molecule has 3 heteroatoms. The van der Waals surface area contributed by atoms with Crippen LogP contribution >= 0.6 is 0 Å². The highest BCUT2D eigenvalue weighted by Gasteiger charge is 2.12. The number of hydrazone groups is 1. The van der Waals surface area contributed by atoms with Crippen LogP contribution in [-0.2, 0) is 0 Å². The van der Waals surface area contributed by atoms with Crippen LogP contribution in [0.3, 0.4) is 0 Å². The van der Waals surface area contributed by atoms with E-state index in [2.05, 4.69) is 40.5 Å². The van der Waals surface area contributed by atoms with Gasteiger partial charge in [0.25, 0.3) is 0 Å². The molecule has 0 unspecified atom stereocenters. The SMILES string of the molecule is Cc1cc(N2CCCC2)ccc1/C=N/Nc1ccccc1. The second kappa shape index (κ2) is 6.44. The van der Waals surface area contributed by atoms with E-state index in [1.165, 1.54) is 37.2 Å². The van der Waals surface area contributed by atoms with Gasteiger partial charge in [0.05, 0.1) is 11.9 Å². The summed E-state index contributed by atoms with van der Waals surface area (Å²) >= 11 is 0. The first-order chi connectivity index (χ1) is 10.3. The smallest absolute Gasteiger partial charge is 0.0561 e. The average Bonchev–Trinajstić information content (AvgIpc) is 3.04. The van der Waals surface area contributed by atoms with Crippen molar-refractivity contribution in [1.29, 1.82) is 0 Å². The highest BCUT2D eigenvalue weighted by atomic mass is 15.3. The number of nitrogens with zero attached hydrogens (tertiary/aromatic N) is 2. The Bertz CT molecular complexity index is 614. The summed E-state index contributed by atoms with van der Waals surface area (Å²) in [6, 6.07) is 16.6. The molecule has 1 aliphatic rings. The molecule has 3 rings (SSSR count). The van der Waals surface area contributed by atoms with Crippen molar-refractivity contribution in [2.75, 3.05) is 23.4 Å². The first kappa shape index (κ1) is 13.7. The maximum absolute atomic E-state index is 4.31. The molecule has 3 nitrogen and oxygen atoms in total. The second-order valence-corrected chi connectivity index (χ2v) is 5.47. The monoisotopic (exact) mass is 279 g/mol. The van der Waals surface area contributed by atoms with Gasteiger partial charge in [-0.1, -0.05) is 24.3 Å². The fourth-order valence-corrected chi connectivity index (χ4v) is 2.67. The van der Waals surface area contributed by atoms with Gasteiger partial charge in [0.1, 0.15) is 0 Å². The molecule has 2 aromatic carbocycles. The van der Waals surface area contributed by atoms with Gasteiger partial charge in [0, 0.05) is 18.8 Å². The molecule has 0 aromatic heterocycles. The van der Waals surface area contributed by atoms with Crippen LogP contribution < -0.4 is 10.3 Å². The normalized spacial score (nSPS) is 14.8. The van der Waals surface area contributed by atoms with Gasteiger partial charge >= 0.3 is 0 Å². The van der Waals surface area contributed by atoms with Crippen LogP contribution in [-0.4, -0.2) is 19.3 Å². The van der Waals surface area contributed by atoms with Gasteiger partial charge in [0.2, 0.25) is 0 Å². The van der Waals surface area contributed by atoms with Crippen molar-refractivity contribution in [3.63, 3.8) is 0 Å². The minimum absolute atomic E-state index is 1.00. The fourth-order valence-electron chi connectivity index (χ4n) is 2.67. The van der Waals surface area contributed by atoms with Crippen molar-refractivity contribution in [2.45, 2.75) is 19.8 Å². The lowest BCUT2D eigenvalue weighted by atomic mass is 10.1. The molecule has 0 saturated carbocycles. The molecule has 0 aliphatic carbocycles. The van der Waals surface area contributed by atoms with Gasteiger partial charge in [0.15, 0.2) is 0 Å². The highest BCUT2D eigenvalue weighted by Crippen LogP contribution is 2.22. The summed E-state index contributed by atoms with van der Waals surface area (Å²) in [5.74, 6) is 0. The van der Waals surface area contributed by atoms with Crippen LogP contribution in [0.25, 0.3) is 0 Å². The van der Waals surface area contributed by atoms with Gasteiger partial charge in [-0.05, 0) is 55.2 Å². The van der Waals surface area contributed by atoms with E-state index < -0.39 is 0 Å². The van der Waals surface area contributed by atoms with E-state index in [9.17, 15) is 0 Å². The van der Waals surface area contributed by atoms with Gasteiger partial charge in [-0.15, -0.1) is 0 Å². The van der Waals surface area contributed by atoms with E-state index in [4.69, 9.17) is 0 Å². The molecular weight excluding hydrogens is 258 g/mol. The van der Waals surface area contributed by atoms with E-state index in [0.717, 1.165) is 11.3 Å². The van der Waals surface area contributed by atoms with Gasteiger partial charge < -0.3 is 4.90 Å². The molecule has 1 fully saturated rings. The predicted octanol–water partition coefficient (Wildman–Crippen LogP) is 4.04. The molecule has 21 heavy (non-hydrogen) atoms. The predicted molar refractivity (Wildman–Crippen MR) is 90.3 cm³/mol. The fraction of sp³-hybridized carbons (Fsp3) is 0.278. The zero-order valence-electron chi connectivity index (χ0n) is 12.4. The van der Waals surface area contributed by atoms with Crippen LogP contribution in [0.1, 0.15) is 24.0 Å². The van der Waals surface area contributed by atoms with Crippen molar-refractivity contribution in [2.24, 2.45) is 5.10 Å². The first-order valence-electron chi connectivity index (χ1n) is 7.53. The highest BCUT2D eigenvalue weighted by molar-refractivity contribution is 5.83. The zero-order chi connectivity index (χ0) is 14.5. The molecule has 1 saturated heterocycles. The lowest BCUT2D eigenvalue weighted by molar-refractivity contribution is 0.949. The number of aryl methyl sites for hydroxylation is 1. The molecule has 108 valence electrons. The molecule has 2 aromatic rings. The molecule has 1 heterocycles. The number of benzene rings is 2. The molecule has 0 atom stereocenters. The van der Waals surface area contributed by atoms with Gasteiger partial charge in [-0.3, -0.25) is 5.43 Å². The Balaban J connectivity index is 1.68. The Morgan fingerprint density at radius 3 is 2.52 bits per heavy atom. The topological polar surface area (TPSA) is 27.6 Å². The summed E-state index contributed by atoms with van der Waals surface area (Å²) < 4.78 is 0. The first-order valence-corrected chi connectivity index (χ1v) is 7.53. The molecular formula is C18H21N3. The molecule has 0 amide bonds. The second-order valence-electron chi connectivity index (χ2n) is 5.47. The van der Waals surface area contributed by atoms with E-state index in [0.29, 0.717) is 0 Å². The van der Waals surface area contributed by atoms with Crippen molar-refractivity contribution < 1.29 is 0 Å². The summed E-state index contributed by atoms with van der Waals surface area (Å²) in [5, 5.41) is 4.31.